The van der Waals surface area contributed by atoms with Crippen LogP contribution >= 0.6 is 27.7 Å². The second kappa shape index (κ2) is 13.7. The number of nitrogens with one attached hydrogen (secondary N) is 3. The average Bonchev–Trinajstić information content (AvgIpc) is 2.95. The van der Waals surface area contributed by atoms with Crippen LogP contribution in [-0.2, 0) is 9.59 Å². The maximum absolute atomic E-state index is 14.3. The maximum atomic E-state index is 14.3. The largest absolute Gasteiger partial charge is 0.323 e. The standard InChI is InChI=1S/C30H22BrF2N3O3S/c31-21-10-15-26(25(33)17-21)35-28(37)18-40-23-13-11-22(12-14-23)34-30(39)27(16-20-8-4-5-9-24(20)32)36-29(38)19-6-2-1-3-7-19/h1-17H,18H2,(H,34,39)(H,35,37)(H,36,38)/b27-16-. The van der Waals surface area contributed by atoms with E-state index in [0.29, 0.717) is 15.7 Å². The lowest BCUT2D eigenvalue weighted by Crippen LogP contribution is -2.30. The fraction of sp³-hybridized carbons (Fsp3) is 0.0333. The summed E-state index contributed by atoms with van der Waals surface area (Å²) in [5.74, 6) is -2.59. The van der Waals surface area contributed by atoms with Gasteiger partial charge in [-0.3, -0.25) is 14.4 Å². The minimum atomic E-state index is -0.649. The van der Waals surface area contributed by atoms with Crippen LogP contribution in [0.1, 0.15) is 15.9 Å². The van der Waals surface area contributed by atoms with Crippen LogP contribution in [0.4, 0.5) is 20.2 Å². The van der Waals surface area contributed by atoms with Gasteiger partial charge in [0.1, 0.15) is 17.3 Å². The van der Waals surface area contributed by atoms with Gasteiger partial charge in [-0.1, -0.05) is 52.3 Å². The first kappa shape index (κ1) is 28.7. The van der Waals surface area contributed by atoms with Gasteiger partial charge in [0.2, 0.25) is 5.91 Å². The molecule has 0 aliphatic carbocycles. The topological polar surface area (TPSA) is 87.3 Å². The van der Waals surface area contributed by atoms with Gasteiger partial charge in [0.15, 0.2) is 0 Å². The molecule has 0 unspecified atom stereocenters. The molecule has 40 heavy (non-hydrogen) atoms. The molecule has 0 atom stereocenters. The Morgan fingerprint density at radius 3 is 2.20 bits per heavy atom. The first-order valence-corrected chi connectivity index (χ1v) is 13.7. The third-order valence-electron chi connectivity index (χ3n) is 5.42. The molecule has 0 aromatic heterocycles. The molecule has 0 saturated carbocycles. The zero-order valence-corrected chi connectivity index (χ0v) is 23.2. The molecule has 3 N–H and O–H groups in total. The molecule has 4 aromatic carbocycles. The van der Waals surface area contributed by atoms with E-state index in [4.69, 9.17) is 0 Å². The van der Waals surface area contributed by atoms with E-state index >= 15 is 0 Å². The van der Waals surface area contributed by atoms with Crippen LogP contribution in [-0.4, -0.2) is 23.5 Å². The van der Waals surface area contributed by atoms with Gasteiger partial charge in [-0.25, -0.2) is 8.78 Å². The molecule has 0 radical (unpaired) electrons. The van der Waals surface area contributed by atoms with Crippen LogP contribution in [0.2, 0.25) is 0 Å². The molecule has 3 amide bonds. The van der Waals surface area contributed by atoms with Crippen LogP contribution in [0.3, 0.4) is 0 Å². The number of amides is 3. The number of carbonyl (C=O) groups is 3. The van der Waals surface area contributed by atoms with Crippen molar-refractivity contribution in [3.8, 4) is 0 Å². The van der Waals surface area contributed by atoms with Crippen LogP contribution in [0.15, 0.2) is 112 Å². The number of anilines is 2. The fourth-order valence-corrected chi connectivity index (χ4v) is 4.48. The molecule has 0 fully saturated rings. The molecule has 0 aliphatic rings. The van der Waals surface area contributed by atoms with Crippen LogP contribution in [0.5, 0.6) is 0 Å². The summed E-state index contributed by atoms with van der Waals surface area (Å²) < 4.78 is 28.8. The molecular formula is C30H22BrF2N3O3S. The Kier molecular flexibility index (Phi) is 9.82. The Balaban J connectivity index is 1.41. The fourth-order valence-electron chi connectivity index (χ4n) is 3.45. The summed E-state index contributed by atoms with van der Waals surface area (Å²) in [6.07, 6.45) is 1.27. The smallest absolute Gasteiger partial charge is 0.272 e. The molecule has 0 aliphatic heterocycles. The summed E-state index contributed by atoms with van der Waals surface area (Å²) in [7, 11) is 0. The van der Waals surface area contributed by atoms with E-state index in [1.807, 2.05) is 0 Å². The minimum Gasteiger partial charge on any atom is -0.323 e. The van der Waals surface area contributed by atoms with Crippen LogP contribution < -0.4 is 16.0 Å². The number of halogens is 3. The lowest BCUT2D eigenvalue weighted by Gasteiger charge is -2.12. The van der Waals surface area contributed by atoms with Crippen molar-refractivity contribution >= 4 is 62.9 Å². The van der Waals surface area contributed by atoms with Crippen LogP contribution in [0.25, 0.3) is 6.08 Å². The molecule has 10 heteroatoms. The molecule has 0 heterocycles. The minimum absolute atomic E-state index is 0.0439. The first-order valence-electron chi connectivity index (χ1n) is 11.9. The second-order valence-corrected chi connectivity index (χ2v) is 10.3. The first-order chi connectivity index (χ1) is 19.3. The number of benzene rings is 4. The van der Waals surface area contributed by atoms with Gasteiger partial charge in [-0.15, -0.1) is 11.8 Å². The predicted octanol–water partition coefficient (Wildman–Crippen LogP) is 6.87. The number of thioether (sulfide) groups is 1. The zero-order chi connectivity index (χ0) is 28.5. The highest BCUT2D eigenvalue weighted by molar-refractivity contribution is 9.10. The summed E-state index contributed by atoms with van der Waals surface area (Å²) in [5.41, 5.74) is 0.834. The van der Waals surface area contributed by atoms with Crippen molar-refractivity contribution in [2.24, 2.45) is 0 Å². The highest BCUT2D eigenvalue weighted by atomic mass is 79.9. The average molecular weight is 622 g/mol. The third-order valence-corrected chi connectivity index (χ3v) is 6.93. The van der Waals surface area contributed by atoms with Gasteiger partial charge >= 0.3 is 0 Å². The second-order valence-electron chi connectivity index (χ2n) is 8.34. The Morgan fingerprint density at radius 2 is 1.50 bits per heavy atom. The van der Waals surface area contributed by atoms with E-state index < -0.39 is 23.4 Å². The van der Waals surface area contributed by atoms with Gasteiger partial charge in [-0.2, -0.15) is 0 Å². The number of carbonyl (C=O) groups excluding carboxylic acids is 3. The zero-order valence-electron chi connectivity index (χ0n) is 20.8. The van der Waals surface area contributed by atoms with Crippen molar-refractivity contribution in [3.63, 3.8) is 0 Å². The van der Waals surface area contributed by atoms with Crippen molar-refractivity contribution in [1.29, 1.82) is 0 Å². The van der Waals surface area contributed by atoms with E-state index in [0.717, 1.165) is 4.90 Å². The van der Waals surface area contributed by atoms with E-state index in [1.165, 1.54) is 48.2 Å². The normalized spacial score (nSPS) is 11.0. The van der Waals surface area contributed by atoms with Crippen molar-refractivity contribution in [1.82, 2.24) is 5.32 Å². The SMILES string of the molecule is O=C(CSc1ccc(NC(=O)/C(=C/c2ccccc2F)NC(=O)c2ccccc2)cc1)Nc1ccc(Br)cc1F. The molecular weight excluding hydrogens is 600 g/mol. The molecule has 4 rings (SSSR count). The lowest BCUT2D eigenvalue weighted by atomic mass is 10.1. The predicted molar refractivity (Wildman–Crippen MR) is 157 cm³/mol. The maximum Gasteiger partial charge on any atom is 0.272 e. The summed E-state index contributed by atoms with van der Waals surface area (Å²) in [6, 6.07) is 25.3. The third kappa shape index (κ3) is 8.11. The number of rotatable bonds is 9. The van der Waals surface area contributed by atoms with Crippen molar-refractivity contribution in [3.05, 3.63) is 130 Å². The Morgan fingerprint density at radius 1 is 0.800 bits per heavy atom. The summed E-state index contributed by atoms with van der Waals surface area (Å²) in [4.78, 5) is 38.8. The van der Waals surface area contributed by atoms with Gasteiger partial charge in [-0.05, 0) is 66.7 Å². The Labute approximate surface area is 242 Å². The molecule has 6 nitrogen and oxygen atoms in total. The van der Waals surface area contributed by atoms with Crippen molar-refractivity contribution in [2.75, 3.05) is 16.4 Å². The van der Waals surface area contributed by atoms with Crippen molar-refractivity contribution < 1.29 is 23.2 Å². The quantitative estimate of drug-likeness (QED) is 0.141. The van der Waals surface area contributed by atoms with Crippen LogP contribution in [0, 0.1) is 11.6 Å². The van der Waals surface area contributed by atoms with E-state index in [-0.39, 0.29) is 28.6 Å². The lowest BCUT2D eigenvalue weighted by molar-refractivity contribution is -0.114. The summed E-state index contributed by atoms with van der Waals surface area (Å²) in [5, 5.41) is 7.79. The molecule has 0 bridgehead atoms. The summed E-state index contributed by atoms with van der Waals surface area (Å²) in [6.45, 7) is 0. The number of hydrogen-bond donors (Lipinski definition) is 3. The molecule has 0 saturated heterocycles. The Hall–Kier alpha value is -4.28. The monoisotopic (exact) mass is 621 g/mol. The number of hydrogen-bond acceptors (Lipinski definition) is 4. The molecule has 4 aromatic rings. The highest BCUT2D eigenvalue weighted by Crippen LogP contribution is 2.23. The van der Waals surface area contributed by atoms with Gasteiger partial charge < -0.3 is 16.0 Å². The Bertz CT molecular complexity index is 1560. The van der Waals surface area contributed by atoms with Gasteiger partial charge in [0.25, 0.3) is 11.8 Å². The van der Waals surface area contributed by atoms with Crippen molar-refractivity contribution in [2.45, 2.75) is 4.90 Å². The molecule has 202 valence electrons. The summed E-state index contributed by atoms with van der Waals surface area (Å²) >= 11 is 4.40. The van der Waals surface area contributed by atoms with E-state index in [9.17, 15) is 23.2 Å². The van der Waals surface area contributed by atoms with E-state index in [2.05, 4.69) is 31.9 Å². The highest BCUT2D eigenvalue weighted by Gasteiger charge is 2.16. The molecule has 0 spiro atoms. The van der Waals surface area contributed by atoms with Gasteiger partial charge in [0, 0.05) is 26.2 Å². The van der Waals surface area contributed by atoms with Gasteiger partial charge in [0.05, 0.1) is 11.4 Å². The van der Waals surface area contributed by atoms with E-state index in [1.54, 1.807) is 66.7 Å².